The number of hydrogen-bond donors (Lipinski definition) is 0. The van der Waals surface area contributed by atoms with Gasteiger partial charge in [-0.25, -0.2) is 9.97 Å². The lowest BCUT2D eigenvalue weighted by molar-refractivity contribution is 0.242. The first kappa shape index (κ1) is 18.7. The molecule has 0 atom stereocenters. The van der Waals surface area contributed by atoms with Gasteiger partial charge in [0, 0.05) is 17.8 Å². The number of nitrogens with zero attached hydrogens (tertiary/aromatic N) is 2. The molecule has 0 aliphatic heterocycles. The topological polar surface area (TPSA) is 35.0 Å². The predicted molar refractivity (Wildman–Crippen MR) is 100 cm³/mol. The van der Waals surface area contributed by atoms with Crippen LogP contribution < -0.4 is 4.74 Å². The largest absolute Gasteiger partial charge is 0.489 e. The molecule has 0 aliphatic rings. The zero-order valence-electron chi connectivity index (χ0n) is 15.6. The van der Waals surface area contributed by atoms with E-state index < -0.39 is 0 Å². The van der Waals surface area contributed by atoms with Crippen molar-refractivity contribution >= 4 is 11.6 Å². The minimum Gasteiger partial charge on any atom is -0.489 e. The zero-order chi connectivity index (χ0) is 18.1. The van der Waals surface area contributed by atoms with Crippen LogP contribution in [0.1, 0.15) is 65.4 Å². The fraction of sp³-hybridized carbons (Fsp3) is 0.500. The maximum absolute atomic E-state index is 6.39. The van der Waals surface area contributed by atoms with Crippen molar-refractivity contribution < 1.29 is 4.74 Å². The molecule has 1 aromatic heterocycles. The second-order valence-electron chi connectivity index (χ2n) is 7.98. The van der Waals surface area contributed by atoms with Crippen LogP contribution in [-0.2, 0) is 10.8 Å². The normalized spacial score (nSPS) is 12.5. The molecule has 0 aliphatic carbocycles. The molecule has 24 heavy (non-hydrogen) atoms. The van der Waals surface area contributed by atoms with Gasteiger partial charge in [-0.05, 0) is 56.4 Å². The number of aromatic nitrogens is 2. The molecule has 0 spiro atoms. The zero-order valence-corrected chi connectivity index (χ0v) is 16.4. The first-order valence-electron chi connectivity index (χ1n) is 8.31. The molecular formula is C20H27ClN2O. The number of ether oxygens (including phenoxy) is 1. The first-order chi connectivity index (χ1) is 11.0. The highest BCUT2D eigenvalue weighted by atomic mass is 35.5. The molecule has 3 nitrogen and oxygen atoms in total. The van der Waals surface area contributed by atoms with E-state index in [0.717, 1.165) is 17.0 Å². The third kappa shape index (κ3) is 4.07. The van der Waals surface area contributed by atoms with Gasteiger partial charge in [0.1, 0.15) is 11.6 Å². The van der Waals surface area contributed by atoms with Gasteiger partial charge in [0.25, 0.3) is 0 Å². The number of hydrogen-bond acceptors (Lipinski definition) is 3. The maximum Gasteiger partial charge on any atom is 0.138 e. The van der Waals surface area contributed by atoms with Crippen LogP contribution in [0.2, 0.25) is 5.02 Å². The van der Waals surface area contributed by atoms with Crippen molar-refractivity contribution in [1.82, 2.24) is 9.97 Å². The summed E-state index contributed by atoms with van der Waals surface area (Å²) >= 11 is 6.39. The fourth-order valence-electron chi connectivity index (χ4n) is 2.41. The monoisotopic (exact) mass is 346 g/mol. The van der Waals surface area contributed by atoms with Gasteiger partial charge in [-0.3, -0.25) is 0 Å². The Morgan fingerprint density at radius 1 is 0.958 bits per heavy atom. The van der Waals surface area contributed by atoms with E-state index >= 15 is 0 Å². The van der Waals surface area contributed by atoms with Gasteiger partial charge in [-0.2, -0.15) is 0 Å². The fourth-order valence-corrected chi connectivity index (χ4v) is 2.63. The highest BCUT2D eigenvalue weighted by Crippen LogP contribution is 2.35. The molecule has 0 radical (unpaired) electrons. The van der Waals surface area contributed by atoms with Crippen LogP contribution in [-0.4, -0.2) is 16.1 Å². The minimum atomic E-state index is -0.337. The van der Waals surface area contributed by atoms with Gasteiger partial charge >= 0.3 is 0 Å². The first-order valence-corrected chi connectivity index (χ1v) is 8.69. The molecule has 2 aromatic rings. The van der Waals surface area contributed by atoms with E-state index in [1.807, 2.05) is 44.4 Å². The van der Waals surface area contributed by atoms with Crippen molar-refractivity contribution in [1.29, 1.82) is 0 Å². The van der Waals surface area contributed by atoms with E-state index in [0.29, 0.717) is 10.8 Å². The lowest BCUT2D eigenvalue weighted by atomic mass is 9.83. The van der Waals surface area contributed by atoms with Gasteiger partial charge < -0.3 is 4.74 Å². The Labute approximate surface area is 150 Å². The molecule has 1 heterocycles. The molecule has 0 unspecified atom stereocenters. The third-order valence-corrected chi connectivity index (χ3v) is 4.39. The maximum atomic E-state index is 6.39. The Balaban J connectivity index is 2.34. The van der Waals surface area contributed by atoms with E-state index in [1.165, 1.54) is 0 Å². The van der Waals surface area contributed by atoms with E-state index in [-0.39, 0.29) is 16.9 Å². The molecule has 0 amide bonds. The van der Waals surface area contributed by atoms with Crippen LogP contribution in [0.4, 0.5) is 0 Å². The van der Waals surface area contributed by atoms with Crippen LogP contribution in [0.25, 0.3) is 0 Å². The molecule has 0 saturated carbocycles. The van der Waals surface area contributed by atoms with E-state index in [1.54, 1.807) is 0 Å². The lowest BCUT2D eigenvalue weighted by Crippen LogP contribution is -2.23. The Hall–Kier alpha value is -1.61. The number of halogens is 1. The van der Waals surface area contributed by atoms with E-state index in [9.17, 15) is 0 Å². The number of benzene rings is 1. The second kappa shape index (κ2) is 6.72. The summed E-state index contributed by atoms with van der Waals surface area (Å²) in [5, 5.41) is 0.612. The average Bonchev–Trinajstić information content (AvgIpc) is 2.48. The summed E-state index contributed by atoms with van der Waals surface area (Å²) in [4.78, 5) is 9.22. The van der Waals surface area contributed by atoms with E-state index in [2.05, 4.69) is 44.6 Å². The summed E-state index contributed by atoms with van der Waals surface area (Å²) in [5.74, 6) is 1.49. The molecule has 2 rings (SSSR count). The van der Waals surface area contributed by atoms with Gasteiger partial charge in [0.05, 0.1) is 11.1 Å². The highest BCUT2D eigenvalue weighted by Gasteiger charge is 2.28. The van der Waals surface area contributed by atoms with Crippen molar-refractivity contribution in [3.63, 3.8) is 0 Å². The second-order valence-corrected chi connectivity index (χ2v) is 8.39. The summed E-state index contributed by atoms with van der Waals surface area (Å²) in [6.07, 6.45) is 3.93. The quantitative estimate of drug-likeness (QED) is 0.728. The molecule has 0 fully saturated rings. The molecule has 4 heteroatoms. The standard InChI is InChI=1S/C20H27ClN2O/c1-13(2)24-17-9-8-14(10-16(17)21)20(6,7)18-22-11-15(12-23-18)19(3,4)5/h8-13H,1-7H3. The third-order valence-electron chi connectivity index (χ3n) is 4.09. The van der Waals surface area contributed by atoms with Gasteiger partial charge in [0.2, 0.25) is 0 Å². The van der Waals surface area contributed by atoms with Gasteiger partial charge in [0.15, 0.2) is 0 Å². The Morgan fingerprint density at radius 2 is 1.54 bits per heavy atom. The molecular weight excluding hydrogens is 320 g/mol. The van der Waals surface area contributed by atoms with E-state index in [4.69, 9.17) is 16.3 Å². The predicted octanol–water partition coefficient (Wildman–Crippen LogP) is 5.54. The van der Waals surface area contributed by atoms with Gasteiger partial charge in [-0.1, -0.05) is 38.4 Å². The Bertz CT molecular complexity index is 701. The summed E-state index contributed by atoms with van der Waals surface area (Å²) in [6, 6.07) is 5.90. The summed E-state index contributed by atoms with van der Waals surface area (Å²) in [5.41, 5.74) is 1.89. The van der Waals surface area contributed by atoms with Crippen molar-refractivity contribution in [3.8, 4) is 5.75 Å². The average molecular weight is 347 g/mol. The van der Waals surface area contributed by atoms with Gasteiger partial charge in [-0.15, -0.1) is 0 Å². The lowest BCUT2D eigenvalue weighted by Gasteiger charge is -2.26. The molecule has 0 saturated heterocycles. The van der Waals surface area contributed by atoms with Crippen molar-refractivity contribution in [2.75, 3.05) is 0 Å². The Morgan fingerprint density at radius 3 is 2.00 bits per heavy atom. The summed E-state index contributed by atoms with van der Waals surface area (Å²) in [6.45, 7) is 14.6. The summed E-state index contributed by atoms with van der Waals surface area (Å²) < 4.78 is 5.71. The van der Waals surface area contributed by atoms with Crippen molar-refractivity contribution in [2.24, 2.45) is 0 Å². The van der Waals surface area contributed by atoms with Crippen LogP contribution in [0.3, 0.4) is 0 Å². The van der Waals surface area contributed by atoms with Crippen LogP contribution >= 0.6 is 11.6 Å². The van der Waals surface area contributed by atoms with Crippen LogP contribution in [0.5, 0.6) is 5.75 Å². The molecule has 0 N–H and O–H groups in total. The van der Waals surface area contributed by atoms with Crippen molar-refractivity contribution in [2.45, 2.75) is 65.4 Å². The van der Waals surface area contributed by atoms with Crippen molar-refractivity contribution in [3.05, 3.63) is 52.6 Å². The highest BCUT2D eigenvalue weighted by molar-refractivity contribution is 6.32. The Kier molecular flexibility index (Phi) is 5.24. The van der Waals surface area contributed by atoms with Crippen LogP contribution in [0.15, 0.2) is 30.6 Å². The molecule has 130 valence electrons. The SMILES string of the molecule is CC(C)Oc1ccc(C(C)(C)c2ncc(C(C)(C)C)cn2)cc1Cl. The number of rotatable bonds is 4. The van der Waals surface area contributed by atoms with Crippen LogP contribution in [0, 0.1) is 0 Å². The minimum absolute atomic E-state index is 0.0435. The smallest absolute Gasteiger partial charge is 0.138 e. The summed E-state index contributed by atoms with van der Waals surface area (Å²) in [7, 11) is 0. The molecule has 1 aromatic carbocycles. The molecule has 0 bridgehead atoms.